The Balaban J connectivity index is 1.99. The van der Waals surface area contributed by atoms with E-state index in [2.05, 4.69) is 0 Å². The number of rotatable bonds is 2. The Morgan fingerprint density at radius 2 is 1.68 bits per heavy atom. The molecule has 1 saturated carbocycles. The summed E-state index contributed by atoms with van der Waals surface area (Å²) >= 11 is 0. The number of ketones is 2. The summed E-state index contributed by atoms with van der Waals surface area (Å²) < 4.78 is 15.1. The molecule has 2 aliphatic rings. The van der Waals surface area contributed by atoms with Crippen LogP contribution in [0, 0.1) is 5.82 Å². The number of nitrogens with zero attached hydrogens (tertiary/aromatic N) is 1. The molecule has 128 valence electrons. The van der Waals surface area contributed by atoms with Crippen LogP contribution in [0.15, 0.2) is 47.7 Å². The number of aliphatic hydroxyl groups is 1. The Bertz CT molecular complexity index is 915. The lowest BCUT2D eigenvalue weighted by atomic mass is 9.84. The Hall–Kier alpha value is -2.69. The van der Waals surface area contributed by atoms with Crippen LogP contribution in [0.3, 0.4) is 0 Å². The van der Waals surface area contributed by atoms with Crippen LogP contribution >= 0.6 is 0 Å². The maximum absolute atomic E-state index is 13.3. The Kier molecular flexibility index (Phi) is 3.42. The number of aromatic nitrogens is 1. The molecule has 25 heavy (non-hydrogen) atoms. The molecule has 0 amide bonds. The minimum absolute atomic E-state index is 0.0989. The molecule has 1 fully saturated rings. The molecular formula is C20H18FNO3. The third kappa shape index (κ3) is 2.11. The van der Waals surface area contributed by atoms with Gasteiger partial charge < -0.3 is 9.67 Å². The number of aliphatic hydroxyl groups excluding tert-OH is 1. The monoisotopic (exact) mass is 339 g/mol. The minimum atomic E-state index is -0.766. The van der Waals surface area contributed by atoms with Crippen molar-refractivity contribution in [1.82, 2.24) is 4.57 Å². The highest BCUT2D eigenvalue weighted by atomic mass is 19.1. The van der Waals surface area contributed by atoms with Gasteiger partial charge in [0, 0.05) is 5.69 Å². The number of hydrogen-bond donors (Lipinski definition) is 1. The summed E-state index contributed by atoms with van der Waals surface area (Å²) in [6.45, 7) is 1.31. The van der Waals surface area contributed by atoms with Crippen LogP contribution in [0.5, 0.6) is 0 Å². The summed E-state index contributed by atoms with van der Waals surface area (Å²) in [5, 5.41) is 10.9. The summed E-state index contributed by atoms with van der Waals surface area (Å²) in [5.74, 6) is -1.31. The largest absolute Gasteiger partial charge is 0.509 e. The fourth-order valence-corrected chi connectivity index (χ4v) is 4.24. The quantitative estimate of drug-likeness (QED) is 0.836. The van der Waals surface area contributed by atoms with Crippen molar-refractivity contribution in [3.63, 3.8) is 0 Å². The van der Waals surface area contributed by atoms with Crippen molar-refractivity contribution in [3.8, 4) is 11.3 Å². The Morgan fingerprint density at radius 3 is 2.28 bits per heavy atom. The smallest absolute Gasteiger partial charge is 0.216 e. The number of carbonyl (C=O) groups is 2. The molecule has 1 aliphatic carbocycles. The van der Waals surface area contributed by atoms with Crippen molar-refractivity contribution in [1.29, 1.82) is 0 Å². The van der Waals surface area contributed by atoms with Crippen LogP contribution in [0.25, 0.3) is 11.3 Å². The van der Waals surface area contributed by atoms with Gasteiger partial charge in [0.15, 0.2) is 5.78 Å². The Labute approximate surface area is 144 Å². The van der Waals surface area contributed by atoms with E-state index in [4.69, 9.17) is 0 Å². The van der Waals surface area contributed by atoms with Crippen LogP contribution in [0.4, 0.5) is 4.39 Å². The van der Waals surface area contributed by atoms with Gasteiger partial charge in [-0.1, -0.05) is 12.8 Å². The molecular weight excluding hydrogens is 321 g/mol. The molecule has 1 aromatic heterocycles. The van der Waals surface area contributed by atoms with Gasteiger partial charge in [-0.25, -0.2) is 4.39 Å². The van der Waals surface area contributed by atoms with Gasteiger partial charge in [-0.05, 0) is 61.7 Å². The maximum atomic E-state index is 13.3. The first-order chi connectivity index (χ1) is 12.0. The highest BCUT2D eigenvalue weighted by Gasteiger charge is 2.49. The minimum Gasteiger partial charge on any atom is -0.509 e. The zero-order valence-corrected chi connectivity index (χ0v) is 13.9. The van der Waals surface area contributed by atoms with Gasteiger partial charge in [0.2, 0.25) is 5.78 Å². The molecule has 5 heteroatoms. The van der Waals surface area contributed by atoms with E-state index in [-0.39, 0.29) is 17.1 Å². The third-order valence-electron chi connectivity index (χ3n) is 5.37. The predicted molar refractivity (Wildman–Crippen MR) is 90.9 cm³/mol. The van der Waals surface area contributed by atoms with E-state index in [1.54, 1.807) is 24.3 Å². The summed E-state index contributed by atoms with van der Waals surface area (Å²) in [7, 11) is 0. The van der Waals surface area contributed by atoms with Crippen LogP contribution < -0.4 is 0 Å². The number of benzene rings is 1. The molecule has 2 aromatic rings. The Morgan fingerprint density at radius 1 is 1.08 bits per heavy atom. The molecule has 0 atom stereocenters. The second-order valence-corrected chi connectivity index (χ2v) is 6.79. The number of carbonyl (C=O) groups excluding carboxylic acids is 2. The summed E-state index contributed by atoms with van der Waals surface area (Å²) in [5.41, 5.74) is 1.06. The third-order valence-corrected chi connectivity index (χ3v) is 5.37. The molecule has 1 N–H and O–H groups in total. The van der Waals surface area contributed by atoms with Crippen molar-refractivity contribution < 1.29 is 19.1 Å². The molecule has 2 heterocycles. The molecule has 4 rings (SSSR count). The van der Waals surface area contributed by atoms with Gasteiger partial charge in [-0.15, -0.1) is 0 Å². The van der Waals surface area contributed by atoms with Gasteiger partial charge in [-0.2, -0.15) is 0 Å². The van der Waals surface area contributed by atoms with Crippen molar-refractivity contribution in [2.75, 3.05) is 0 Å². The normalized spacial score (nSPS) is 18.7. The lowest BCUT2D eigenvalue weighted by molar-refractivity contribution is -0.113. The average Bonchev–Trinajstić information content (AvgIpc) is 3.22. The molecule has 4 nitrogen and oxygen atoms in total. The van der Waals surface area contributed by atoms with Crippen LogP contribution in [0.2, 0.25) is 0 Å². The zero-order valence-electron chi connectivity index (χ0n) is 13.9. The maximum Gasteiger partial charge on any atom is 0.216 e. The standard InChI is InChI=1S/C20H18FNO3/c1-12(23)17-18(24)16-9-8-15(13-4-6-14(21)7-5-13)22(16)20(19(17)25)10-2-3-11-20/h4-9,25H,2-3,10-11H2,1H3. The van der Waals surface area contributed by atoms with E-state index >= 15 is 0 Å². The van der Waals surface area contributed by atoms with Crippen LogP contribution in [-0.4, -0.2) is 21.2 Å². The highest BCUT2D eigenvalue weighted by molar-refractivity contribution is 6.26. The molecule has 0 saturated heterocycles. The molecule has 0 unspecified atom stereocenters. The van der Waals surface area contributed by atoms with Gasteiger partial charge in [0.25, 0.3) is 0 Å². The van der Waals surface area contributed by atoms with Gasteiger partial charge >= 0.3 is 0 Å². The zero-order chi connectivity index (χ0) is 17.8. The first-order valence-corrected chi connectivity index (χ1v) is 8.43. The molecule has 1 aliphatic heterocycles. The second kappa shape index (κ2) is 5.41. The van der Waals surface area contributed by atoms with Gasteiger partial charge in [0.1, 0.15) is 22.7 Å². The SMILES string of the molecule is CC(=O)C1=C(O)C2(CCCC2)n2c(ccc2-c2ccc(F)cc2)C1=O. The second-order valence-electron chi connectivity index (χ2n) is 6.79. The lowest BCUT2D eigenvalue weighted by Gasteiger charge is -2.38. The summed E-state index contributed by atoms with van der Waals surface area (Å²) in [6.07, 6.45) is 3.14. The van der Waals surface area contributed by atoms with Crippen molar-refractivity contribution in [2.24, 2.45) is 0 Å². The number of hydrogen-bond acceptors (Lipinski definition) is 3. The molecule has 1 aromatic carbocycles. The highest BCUT2D eigenvalue weighted by Crippen LogP contribution is 2.49. The van der Waals surface area contributed by atoms with Crippen LogP contribution in [0.1, 0.15) is 43.1 Å². The number of Topliss-reactive ketones (excluding diaryl/α,β-unsaturated/α-hetero) is 2. The fourth-order valence-electron chi connectivity index (χ4n) is 4.24. The number of allylic oxidation sites excluding steroid dienone is 2. The van der Waals surface area contributed by atoms with E-state index < -0.39 is 17.1 Å². The first-order valence-electron chi connectivity index (χ1n) is 8.43. The van der Waals surface area contributed by atoms with Crippen molar-refractivity contribution in [2.45, 2.75) is 38.1 Å². The number of fused-ring (bicyclic) bond motifs is 2. The lowest BCUT2D eigenvalue weighted by Crippen LogP contribution is -2.42. The van der Waals surface area contributed by atoms with E-state index in [0.717, 1.165) is 24.1 Å². The average molecular weight is 339 g/mol. The predicted octanol–water partition coefficient (Wildman–Crippen LogP) is 4.16. The van der Waals surface area contributed by atoms with E-state index in [1.165, 1.54) is 19.1 Å². The van der Waals surface area contributed by atoms with Gasteiger partial charge in [0.05, 0.1) is 5.69 Å². The fraction of sp³-hybridized carbons (Fsp3) is 0.300. The van der Waals surface area contributed by atoms with E-state index in [9.17, 15) is 19.1 Å². The topological polar surface area (TPSA) is 59.3 Å². The van der Waals surface area contributed by atoms with Crippen LogP contribution in [-0.2, 0) is 10.3 Å². The summed E-state index contributed by atoms with van der Waals surface area (Å²) in [4.78, 5) is 24.8. The van der Waals surface area contributed by atoms with E-state index in [0.29, 0.717) is 18.5 Å². The van der Waals surface area contributed by atoms with Gasteiger partial charge in [-0.3, -0.25) is 9.59 Å². The van der Waals surface area contributed by atoms with Crippen molar-refractivity contribution in [3.05, 3.63) is 59.2 Å². The van der Waals surface area contributed by atoms with E-state index in [1.807, 2.05) is 4.57 Å². The molecule has 0 radical (unpaired) electrons. The van der Waals surface area contributed by atoms with Crippen molar-refractivity contribution >= 4 is 11.6 Å². The first kappa shape index (κ1) is 15.8. The number of halogens is 1. The summed E-state index contributed by atoms with van der Waals surface area (Å²) in [6, 6.07) is 9.56. The molecule has 1 spiro atoms. The molecule has 0 bridgehead atoms.